The summed E-state index contributed by atoms with van der Waals surface area (Å²) in [5, 5.41) is 12.7. The molecule has 2 fully saturated rings. The van der Waals surface area contributed by atoms with E-state index in [-0.39, 0.29) is 41.7 Å². The Balaban J connectivity index is 1.59. The largest absolute Gasteiger partial charge is 0.508 e. The summed E-state index contributed by atoms with van der Waals surface area (Å²) in [6.07, 6.45) is 2.85. The zero-order valence-electron chi connectivity index (χ0n) is 13.6. The molecule has 2 unspecified atom stereocenters. The van der Waals surface area contributed by atoms with Crippen molar-refractivity contribution in [2.75, 3.05) is 24.6 Å². The van der Waals surface area contributed by atoms with Gasteiger partial charge in [-0.25, -0.2) is 8.42 Å². The third-order valence-electron chi connectivity index (χ3n) is 4.89. The molecule has 1 aromatic carbocycles. The van der Waals surface area contributed by atoms with E-state index in [1.165, 1.54) is 0 Å². The Kier molecular flexibility index (Phi) is 5.10. The van der Waals surface area contributed by atoms with Crippen LogP contribution in [0.4, 0.5) is 0 Å². The number of phenols is 1. The molecule has 6 nitrogen and oxygen atoms in total. The number of rotatable bonds is 5. The van der Waals surface area contributed by atoms with Gasteiger partial charge in [0.05, 0.1) is 17.5 Å². The van der Waals surface area contributed by atoms with Crippen molar-refractivity contribution in [3.05, 3.63) is 29.8 Å². The number of phenolic OH excluding ortho intramolecular Hbond substituents is 1. The second-order valence-corrected chi connectivity index (χ2v) is 8.84. The van der Waals surface area contributed by atoms with Crippen LogP contribution in [0.5, 0.6) is 5.75 Å². The Morgan fingerprint density at radius 3 is 2.62 bits per heavy atom. The summed E-state index contributed by atoms with van der Waals surface area (Å²) in [5.74, 6) is 0.182. The second kappa shape index (κ2) is 7.11. The summed E-state index contributed by atoms with van der Waals surface area (Å²) in [6.45, 7) is 1.81. The molecule has 2 aliphatic heterocycles. The maximum absolute atomic E-state index is 12.2. The van der Waals surface area contributed by atoms with E-state index in [0.717, 1.165) is 31.5 Å². The molecule has 2 atom stereocenters. The molecule has 0 radical (unpaired) electrons. The van der Waals surface area contributed by atoms with Crippen molar-refractivity contribution in [3.63, 3.8) is 0 Å². The van der Waals surface area contributed by atoms with Gasteiger partial charge in [0.1, 0.15) is 5.75 Å². The van der Waals surface area contributed by atoms with Gasteiger partial charge in [-0.3, -0.25) is 9.69 Å². The molecule has 1 aromatic rings. The second-order valence-electron chi connectivity index (χ2n) is 6.69. The number of aromatic hydroxyl groups is 1. The van der Waals surface area contributed by atoms with E-state index >= 15 is 0 Å². The van der Waals surface area contributed by atoms with Crippen molar-refractivity contribution in [1.82, 2.24) is 10.2 Å². The summed E-state index contributed by atoms with van der Waals surface area (Å²) in [4.78, 5) is 14.4. The summed E-state index contributed by atoms with van der Waals surface area (Å²) in [7, 11) is -3.10. The normalized spacial score (nSPS) is 26.5. The number of amides is 1. The molecule has 2 N–H and O–H groups in total. The molecule has 2 heterocycles. The number of carbonyl (C=O) groups excluding carboxylic acids is 1. The molecule has 2 aliphatic rings. The summed E-state index contributed by atoms with van der Waals surface area (Å²) in [5.41, 5.74) is 0.725. The lowest BCUT2D eigenvalue weighted by molar-refractivity contribution is -0.121. The minimum atomic E-state index is -3.10. The first-order chi connectivity index (χ1) is 11.4. The quantitative estimate of drug-likeness (QED) is 0.815. The number of hydrogen-bond acceptors (Lipinski definition) is 5. The summed E-state index contributed by atoms with van der Waals surface area (Å²) < 4.78 is 24.0. The first-order valence-electron chi connectivity index (χ1n) is 8.45. The molecule has 2 saturated heterocycles. The summed E-state index contributed by atoms with van der Waals surface area (Å²) >= 11 is 0. The standard InChI is InChI=1S/C17H24N2O4S/c20-16-6-2-1-5-13(16)7-8-17(21)18-14-11-24(22,23)12-15(14)19-9-3-4-10-19/h1-2,5-6,14-15,20H,3-4,7-12H2,(H,18,21). The Hall–Kier alpha value is -1.60. The van der Waals surface area contributed by atoms with Crippen LogP contribution in [0, 0.1) is 0 Å². The third kappa shape index (κ3) is 4.08. The van der Waals surface area contributed by atoms with Crippen LogP contribution in [0.25, 0.3) is 0 Å². The van der Waals surface area contributed by atoms with E-state index in [1.807, 2.05) is 6.07 Å². The van der Waals surface area contributed by atoms with Crippen molar-refractivity contribution in [2.24, 2.45) is 0 Å². The molecular formula is C17H24N2O4S. The van der Waals surface area contributed by atoms with E-state index in [2.05, 4.69) is 10.2 Å². The predicted molar refractivity (Wildman–Crippen MR) is 91.6 cm³/mol. The SMILES string of the molecule is O=C(CCc1ccccc1O)NC1CS(=O)(=O)CC1N1CCCC1. The van der Waals surface area contributed by atoms with Gasteiger partial charge in [0.15, 0.2) is 9.84 Å². The molecule has 7 heteroatoms. The van der Waals surface area contributed by atoms with Gasteiger partial charge in [-0.05, 0) is 44.0 Å². The van der Waals surface area contributed by atoms with Gasteiger partial charge in [-0.2, -0.15) is 0 Å². The van der Waals surface area contributed by atoms with Crippen molar-refractivity contribution < 1.29 is 18.3 Å². The predicted octanol–water partition coefficient (Wildman–Crippen LogP) is 0.702. The highest BCUT2D eigenvalue weighted by molar-refractivity contribution is 7.91. The Labute approximate surface area is 142 Å². The molecule has 3 rings (SSSR count). The van der Waals surface area contributed by atoms with E-state index in [9.17, 15) is 18.3 Å². The first-order valence-corrected chi connectivity index (χ1v) is 10.3. The van der Waals surface area contributed by atoms with Gasteiger partial charge in [-0.1, -0.05) is 18.2 Å². The highest BCUT2D eigenvalue weighted by Gasteiger charge is 2.42. The molecule has 0 spiro atoms. The molecular weight excluding hydrogens is 328 g/mol. The molecule has 0 saturated carbocycles. The van der Waals surface area contributed by atoms with Crippen LogP contribution in [-0.2, 0) is 21.1 Å². The number of sulfone groups is 1. The Morgan fingerprint density at radius 1 is 1.21 bits per heavy atom. The van der Waals surface area contributed by atoms with Crippen molar-refractivity contribution in [3.8, 4) is 5.75 Å². The average molecular weight is 352 g/mol. The van der Waals surface area contributed by atoms with Crippen LogP contribution in [0.3, 0.4) is 0 Å². The first kappa shape index (κ1) is 17.2. The van der Waals surface area contributed by atoms with Gasteiger partial charge < -0.3 is 10.4 Å². The van der Waals surface area contributed by atoms with E-state index < -0.39 is 9.84 Å². The monoisotopic (exact) mass is 352 g/mol. The zero-order valence-corrected chi connectivity index (χ0v) is 14.5. The maximum Gasteiger partial charge on any atom is 0.220 e. The minimum absolute atomic E-state index is 0.0243. The van der Waals surface area contributed by atoms with Crippen LogP contribution < -0.4 is 5.32 Å². The Bertz CT molecular complexity index is 698. The van der Waals surface area contributed by atoms with Gasteiger partial charge in [0.25, 0.3) is 0 Å². The lowest BCUT2D eigenvalue weighted by Gasteiger charge is -2.28. The molecule has 0 aromatic heterocycles. The van der Waals surface area contributed by atoms with Crippen molar-refractivity contribution in [1.29, 1.82) is 0 Å². The van der Waals surface area contributed by atoms with Gasteiger partial charge in [-0.15, -0.1) is 0 Å². The number of benzene rings is 1. The lowest BCUT2D eigenvalue weighted by atomic mass is 10.1. The van der Waals surface area contributed by atoms with Crippen LogP contribution in [0.1, 0.15) is 24.8 Å². The van der Waals surface area contributed by atoms with E-state index in [1.54, 1.807) is 18.2 Å². The summed E-state index contributed by atoms with van der Waals surface area (Å²) in [6, 6.07) is 6.51. The number of carbonyl (C=O) groups is 1. The van der Waals surface area contributed by atoms with Crippen LogP contribution >= 0.6 is 0 Å². The molecule has 0 aliphatic carbocycles. The molecule has 24 heavy (non-hydrogen) atoms. The van der Waals surface area contributed by atoms with Gasteiger partial charge in [0.2, 0.25) is 5.91 Å². The zero-order chi connectivity index (χ0) is 17.2. The van der Waals surface area contributed by atoms with E-state index in [0.29, 0.717) is 6.42 Å². The van der Waals surface area contributed by atoms with Crippen molar-refractivity contribution >= 4 is 15.7 Å². The average Bonchev–Trinajstić information content (AvgIpc) is 3.14. The lowest BCUT2D eigenvalue weighted by Crippen LogP contribution is -2.50. The Morgan fingerprint density at radius 2 is 1.92 bits per heavy atom. The van der Waals surface area contributed by atoms with Gasteiger partial charge >= 0.3 is 0 Å². The number of aryl methyl sites for hydroxylation is 1. The van der Waals surface area contributed by atoms with Crippen molar-refractivity contribution in [2.45, 2.75) is 37.8 Å². The minimum Gasteiger partial charge on any atom is -0.508 e. The highest BCUT2D eigenvalue weighted by Crippen LogP contribution is 2.23. The topological polar surface area (TPSA) is 86.7 Å². The van der Waals surface area contributed by atoms with E-state index in [4.69, 9.17) is 0 Å². The highest BCUT2D eigenvalue weighted by atomic mass is 32.2. The number of likely N-dealkylation sites (tertiary alicyclic amines) is 1. The number of hydrogen-bond donors (Lipinski definition) is 2. The maximum atomic E-state index is 12.2. The van der Waals surface area contributed by atoms with Gasteiger partial charge in [0, 0.05) is 12.5 Å². The molecule has 1 amide bonds. The molecule has 0 bridgehead atoms. The fourth-order valence-corrected chi connectivity index (χ4v) is 5.60. The van der Waals surface area contributed by atoms with Crippen LogP contribution in [0.2, 0.25) is 0 Å². The fourth-order valence-electron chi connectivity index (χ4n) is 3.65. The smallest absolute Gasteiger partial charge is 0.220 e. The number of nitrogens with one attached hydrogen (secondary N) is 1. The number of nitrogens with zero attached hydrogens (tertiary/aromatic N) is 1. The van der Waals surface area contributed by atoms with Crippen LogP contribution in [-0.4, -0.2) is 61.0 Å². The number of para-hydroxylation sites is 1. The van der Waals surface area contributed by atoms with Crippen LogP contribution in [0.15, 0.2) is 24.3 Å². The fraction of sp³-hybridized carbons (Fsp3) is 0.588. The third-order valence-corrected chi connectivity index (χ3v) is 6.61. The molecule has 132 valence electrons.